The predicted octanol–water partition coefficient (Wildman–Crippen LogP) is 13.9. The smallest absolute Gasteiger partial charge is 0.160 e. The lowest BCUT2D eigenvalue weighted by Crippen LogP contribution is -2.32. The molecule has 0 atom stereocenters. The third kappa shape index (κ3) is 4.80. The molecule has 0 N–H and O–H groups in total. The van der Waals surface area contributed by atoms with Gasteiger partial charge in [0.2, 0.25) is 0 Å². The van der Waals surface area contributed by atoms with E-state index in [9.17, 15) is 0 Å². The van der Waals surface area contributed by atoms with Crippen LogP contribution in [0.1, 0.15) is 22.3 Å². The summed E-state index contributed by atoms with van der Waals surface area (Å²) in [5.74, 6) is 2.57. The van der Waals surface area contributed by atoms with E-state index in [1.54, 1.807) is 0 Å². The summed E-state index contributed by atoms with van der Waals surface area (Å²) in [4.78, 5) is 10.1. The lowest BCUT2D eigenvalue weighted by atomic mass is 9.65. The van der Waals surface area contributed by atoms with Gasteiger partial charge in [0.05, 0.1) is 16.8 Å². The summed E-state index contributed by atoms with van der Waals surface area (Å²) in [6.07, 6.45) is 0. The fourth-order valence-electron chi connectivity index (χ4n) is 9.49. The van der Waals surface area contributed by atoms with Crippen molar-refractivity contribution in [1.29, 1.82) is 0 Å². The van der Waals surface area contributed by atoms with E-state index in [4.69, 9.17) is 14.7 Å². The summed E-state index contributed by atoms with van der Waals surface area (Å²) in [6.45, 7) is 0. The Kier molecular flexibility index (Phi) is 7.14. The van der Waals surface area contributed by atoms with E-state index in [0.29, 0.717) is 5.82 Å². The second kappa shape index (κ2) is 12.7. The van der Waals surface area contributed by atoms with E-state index in [2.05, 4.69) is 182 Å². The van der Waals surface area contributed by atoms with Gasteiger partial charge in [0.1, 0.15) is 11.5 Å². The molecule has 1 aliphatic heterocycles. The number of benzene rings is 9. The van der Waals surface area contributed by atoms with Crippen LogP contribution in [0.5, 0.6) is 11.5 Å². The molecule has 9 aromatic carbocycles. The Balaban J connectivity index is 1.02. The number of nitrogens with zero attached hydrogens (tertiary/aromatic N) is 2. The summed E-state index contributed by atoms with van der Waals surface area (Å²) >= 11 is 0. The number of aromatic nitrogens is 2. The Morgan fingerprint density at radius 3 is 1.47 bits per heavy atom. The molecule has 1 aromatic heterocycles. The quantitative estimate of drug-likeness (QED) is 0.180. The number of hydrogen-bond donors (Lipinski definition) is 0. The minimum atomic E-state index is -0.564. The van der Waals surface area contributed by atoms with E-state index in [1.165, 1.54) is 49.7 Å². The van der Waals surface area contributed by atoms with Gasteiger partial charge >= 0.3 is 0 Å². The van der Waals surface area contributed by atoms with Gasteiger partial charge in [0.15, 0.2) is 5.82 Å². The summed E-state index contributed by atoms with van der Waals surface area (Å²) in [5, 5.41) is 4.58. The van der Waals surface area contributed by atoms with Gasteiger partial charge in [-0.05, 0) is 56.3 Å². The van der Waals surface area contributed by atoms with Crippen LogP contribution in [-0.2, 0) is 5.41 Å². The fourth-order valence-corrected chi connectivity index (χ4v) is 9.49. The van der Waals surface area contributed by atoms with Crippen LogP contribution in [0.3, 0.4) is 0 Å². The van der Waals surface area contributed by atoms with Gasteiger partial charge in [-0.3, -0.25) is 0 Å². The molecule has 2 heterocycles. The second-order valence-electron chi connectivity index (χ2n) is 15.3. The standard InChI is InChI=1S/C55H34N2O/c1-3-15-38(16-4-1)50-34-51(57-54(56-50)40-17-5-2-6-18-40)39-25-23-35(24-26-39)41-29-30-47-45(33-41)44-21-11-12-22-46(44)55(47)48-31-27-36-13-7-9-19-42(36)52(48)58-53-43-20-10-8-14-37(43)28-32-49(53)55/h1-34H. The summed E-state index contributed by atoms with van der Waals surface area (Å²) < 4.78 is 7.12. The van der Waals surface area contributed by atoms with Crippen molar-refractivity contribution < 1.29 is 4.74 Å². The Labute approximate surface area is 336 Å². The van der Waals surface area contributed by atoms with Gasteiger partial charge < -0.3 is 4.74 Å². The monoisotopic (exact) mass is 738 g/mol. The van der Waals surface area contributed by atoms with E-state index >= 15 is 0 Å². The fraction of sp³-hybridized carbons (Fsp3) is 0.0182. The maximum Gasteiger partial charge on any atom is 0.160 e. The van der Waals surface area contributed by atoms with Crippen LogP contribution in [0.2, 0.25) is 0 Å². The van der Waals surface area contributed by atoms with Crippen LogP contribution in [0.25, 0.3) is 77.7 Å². The van der Waals surface area contributed by atoms with Crippen molar-refractivity contribution in [2.75, 3.05) is 0 Å². The first-order valence-corrected chi connectivity index (χ1v) is 19.8. The highest BCUT2D eigenvalue weighted by Gasteiger charge is 2.51. The van der Waals surface area contributed by atoms with E-state index in [0.717, 1.165) is 55.9 Å². The molecule has 0 saturated heterocycles. The third-order valence-corrected chi connectivity index (χ3v) is 12.2. The molecule has 0 saturated carbocycles. The zero-order chi connectivity index (χ0) is 38.2. The third-order valence-electron chi connectivity index (χ3n) is 12.2. The summed E-state index contributed by atoms with van der Waals surface area (Å²) in [5.41, 5.74) is 14.0. The maximum absolute atomic E-state index is 7.12. The van der Waals surface area contributed by atoms with Crippen molar-refractivity contribution in [2.24, 2.45) is 0 Å². The predicted molar refractivity (Wildman–Crippen MR) is 236 cm³/mol. The Bertz CT molecular complexity index is 3100. The summed E-state index contributed by atoms with van der Waals surface area (Å²) in [7, 11) is 0. The average Bonchev–Trinajstić information content (AvgIpc) is 3.59. The second-order valence-corrected chi connectivity index (χ2v) is 15.3. The SMILES string of the molecule is c1ccc(-c2cc(-c3ccc(-c4ccc5c(c4)-c4ccccc4C54c5ccc6ccccc6c5Oc5c4ccc4ccccc54)cc3)nc(-c3ccccc3)n2)cc1. The molecule has 3 heteroatoms. The van der Waals surface area contributed by atoms with Crippen molar-refractivity contribution >= 4 is 21.5 Å². The largest absolute Gasteiger partial charge is 0.455 e. The zero-order valence-corrected chi connectivity index (χ0v) is 31.4. The van der Waals surface area contributed by atoms with Crippen molar-refractivity contribution in [3.63, 3.8) is 0 Å². The van der Waals surface area contributed by atoms with Crippen molar-refractivity contribution in [1.82, 2.24) is 9.97 Å². The molecule has 58 heavy (non-hydrogen) atoms. The van der Waals surface area contributed by atoms with Crippen LogP contribution in [0, 0.1) is 0 Å². The van der Waals surface area contributed by atoms with Gasteiger partial charge in [0, 0.05) is 38.6 Å². The lowest BCUT2D eigenvalue weighted by Gasteiger charge is -2.40. The Morgan fingerprint density at radius 2 is 0.810 bits per heavy atom. The van der Waals surface area contributed by atoms with E-state index < -0.39 is 5.41 Å². The molecule has 0 amide bonds. The molecule has 0 unspecified atom stereocenters. The molecule has 12 rings (SSSR count). The molecule has 0 radical (unpaired) electrons. The van der Waals surface area contributed by atoms with E-state index in [1.807, 2.05) is 24.3 Å². The van der Waals surface area contributed by atoms with Crippen LogP contribution in [0.4, 0.5) is 0 Å². The first-order chi connectivity index (χ1) is 28.7. The topological polar surface area (TPSA) is 35.0 Å². The maximum atomic E-state index is 7.12. The molecule has 270 valence electrons. The molecule has 0 bridgehead atoms. The highest BCUT2D eigenvalue weighted by Crippen LogP contribution is 2.64. The number of fused-ring (bicyclic) bond motifs is 13. The normalized spacial score (nSPS) is 13.1. The number of hydrogen-bond acceptors (Lipinski definition) is 3. The van der Waals surface area contributed by atoms with Crippen LogP contribution < -0.4 is 4.74 Å². The highest BCUT2D eigenvalue weighted by atomic mass is 16.5. The molecular formula is C55H34N2O. The first kappa shape index (κ1) is 32.6. The molecule has 1 spiro atoms. The minimum absolute atomic E-state index is 0.564. The van der Waals surface area contributed by atoms with Crippen molar-refractivity contribution in [3.8, 4) is 67.7 Å². The van der Waals surface area contributed by atoms with Gasteiger partial charge in [0.25, 0.3) is 0 Å². The first-order valence-electron chi connectivity index (χ1n) is 19.8. The number of rotatable bonds is 4. The van der Waals surface area contributed by atoms with Crippen molar-refractivity contribution in [2.45, 2.75) is 5.41 Å². The lowest BCUT2D eigenvalue weighted by molar-refractivity contribution is 0.447. The van der Waals surface area contributed by atoms with Crippen LogP contribution >= 0.6 is 0 Å². The highest BCUT2D eigenvalue weighted by molar-refractivity contribution is 6.00. The van der Waals surface area contributed by atoms with Gasteiger partial charge in [-0.25, -0.2) is 9.97 Å². The van der Waals surface area contributed by atoms with Gasteiger partial charge in [-0.2, -0.15) is 0 Å². The molecule has 2 aliphatic rings. The average molecular weight is 739 g/mol. The molecular weight excluding hydrogens is 705 g/mol. The van der Waals surface area contributed by atoms with Crippen LogP contribution in [0.15, 0.2) is 206 Å². The van der Waals surface area contributed by atoms with Crippen LogP contribution in [-0.4, -0.2) is 9.97 Å². The zero-order valence-electron chi connectivity index (χ0n) is 31.4. The molecule has 1 aliphatic carbocycles. The molecule has 10 aromatic rings. The van der Waals surface area contributed by atoms with Gasteiger partial charge in [-0.1, -0.05) is 194 Å². The Hall–Kier alpha value is -7.62. The van der Waals surface area contributed by atoms with E-state index in [-0.39, 0.29) is 0 Å². The van der Waals surface area contributed by atoms with Gasteiger partial charge in [-0.15, -0.1) is 0 Å². The minimum Gasteiger partial charge on any atom is -0.455 e. The molecule has 3 nitrogen and oxygen atoms in total. The summed E-state index contributed by atoms with van der Waals surface area (Å²) in [6, 6.07) is 73.7. The number of ether oxygens (including phenoxy) is 1. The molecule has 0 fully saturated rings. The Morgan fingerprint density at radius 1 is 0.328 bits per heavy atom. The van der Waals surface area contributed by atoms with Crippen molar-refractivity contribution in [3.05, 3.63) is 229 Å².